The van der Waals surface area contributed by atoms with Crippen molar-refractivity contribution < 1.29 is 12.6 Å². The Bertz CT molecular complexity index is 562. The quantitative estimate of drug-likeness (QED) is 0.425. The Morgan fingerprint density at radius 3 is 2.27 bits per heavy atom. The zero-order valence-corrected chi connectivity index (χ0v) is 14.6. The van der Waals surface area contributed by atoms with Crippen molar-refractivity contribution >= 4 is 10.1 Å². The minimum absolute atomic E-state index is 0.440. The third-order valence-corrected chi connectivity index (χ3v) is 4.47. The summed E-state index contributed by atoms with van der Waals surface area (Å²) in [6, 6.07) is 5.84. The lowest BCUT2D eigenvalue weighted by molar-refractivity contribution is 0.492. The number of hydrogen-bond donors (Lipinski definition) is 0. The summed E-state index contributed by atoms with van der Waals surface area (Å²) in [5.74, 6) is 0.440. The third kappa shape index (κ3) is 6.65. The van der Waals surface area contributed by atoms with Crippen LogP contribution in [0, 0.1) is 0 Å². The summed E-state index contributed by atoms with van der Waals surface area (Å²) in [5, 5.41) is 0.845. The summed E-state index contributed by atoms with van der Waals surface area (Å²) in [6.07, 6.45) is 8.76. The maximum Gasteiger partial charge on any atom is 0.331 e. The Kier molecular flexibility index (Phi) is 8.25. The highest BCUT2D eigenvalue weighted by atomic mass is 32.2. The van der Waals surface area contributed by atoms with Gasteiger partial charge in [-0.1, -0.05) is 58.2 Å². The first-order valence-corrected chi connectivity index (χ1v) is 9.68. The second-order valence-corrected chi connectivity index (χ2v) is 7.08. The highest BCUT2D eigenvalue weighted by Gasteiger charge is 2.12. The van der Waals surface area contributed by atoms with Crippen LogP contribution in [0.4, 0.5) is 0 Å². The molecule has 0 amide bonds. The monoisotopic (exact) mass is 324 g/mol. The van der Waals surface area contributed by atoms with Gasteiger partial charge in [-0.25, -0.2) is 0 Å². The molecule has 124 valence electrons. The molecule has 0 fully saturated rings. The lowest BCUT2D eigenvalue weighted by Gasteiger charge is -2.12. The van der Waals surface area contributed by atoms with Crippen molar-refractivity contribution in [3.63, 3.8) is 0 Å². The summed E-state index contributed by atoms with van der Waals surface area (Å²) in [6.45, 7) is 7.63. The molecule has 0 saturated carbocycles. The lowest BCUT2D eigenvalue weighted by Crippen LogP contribution is -2.07. The molecule has 4 heteroatoms. The van der Waals surface area contributed by atoms with Gasteiger partial charge in [0.25, 0.3) is 0 Å². The number of unbranched alkanes of at least 4 members (excludes halogenated alkanes) is 4. The first-order valence-electron chi connectivity index (χ1n) is 8.21. The molecule has 0 spiro atoms. The minimum atomic E-state index is -3.70. The normalized spacial score (nSPS) is 11.4. The summed E-state index contributed by atoms with van der Waals surface area (Å²) in [4.78, 5) is 0. The van der Waals surface area contributed by atoms with E-state index in [4.69, 9.17) is 4.18 Å². The molecule has 1 aromatic rings. The van der Waals surface area contributed by atoms with Gasteiger partial charge in [0, 0.05) is 0 Å². The second-order valence-electron chi connectivity index (χ2n) is 5.60. The van der Waals surface area contributed by atoms with Crippen molar-refractivity contribution in [2.75, 3.05) is 0 Å². The van der Waals surface area contributed by atoms with Crippen LogP contribution in [0.1, 0.15) is 63.5 Å². The highest BCUT2D eigenvalue weighted by molar-refractivity contribution is 7.90. The molecule has 0 aliphatic carbocycles. The molecule has 3 nitrogen and oxygen atoms in total. The number of benzene rings is 1. The Morgan fingerprint density at radius 2 is 1.68 bits per heavy atom. The number of rotatable bonds is 11. The Hall–Kier alpha value is -1.29. The third-order valence-electron chi connectivity index (χ3n) is 3.65. The summed E-state index contributed by atoms with van der Waals surface area (Å²) in [5.41, 5.74) is 2.23. The predicted octanol–water partition coefficient (Wildman–Crippen LogP) is 5.00. The predicted molar refractivity (Wildman–Crippen MR) is 92.6 cm³/mol. The van der Waals surface area contributed by atoms with Gasteiger partial charge in [-0.3, -0.25) is 0 Å². The van der Waals surface area contributed by atoms with Gasteiger partial charge in [-0.15, -0.1) is 0 Å². The first-order chi connectivity index (χ1) is 10.5. The Labute approximate surface area is 135 Å². The van der Waals surface area contributed by atoms with E-state index in [1.165, 1.54) is 18.4 Å². The topological polar surface area (TPSA) is 43.4 Å². The summed E-state index contributed by atoms with van der Waals surface area (Å²) >= 11 is 0. The van der Waals surface area contributed by atoms with E-state index in [0.717, 1.165) is 49.5 Å². The molecular weight excluding hydrogens is 296 g/mol. The van der Waals surface area contributed by atoms with Crippen LogP contribution in [-0.4, -0.2) is 8.42 Å². The zero-order valence-electron chi connectivity index (χ0n) is 13.8. The van der Waals surface area contributed by atoms with Crippen molar-refractivity contribution in [1.29, 1.82) is 0 Å². The fourth-order valence-corrected chi connectivity index (χ4v) is 2.85. The molecule has 1 rings (SSSR count). The van der Waals surface area contributed by atoms with Crippen molar-refractivity contribution in [1.82, 2.24) is 0 Å². The van der Waals surface area contributed by atoms with Crippen LogP contribution in [0.3, 0.4) is 0 Å². The van der Waals surface area contributed by atoms with Crippen LogP contribution in [-0.2, 0) is 23.0 Å². The molecule has 1 aromatic carbocycles. The van der Waals surface area contributed by atoms with E-state index in [2.05, 4.69) is 26.5 Å². The van der Waals surface area contributed by atoms with Gasteiger partial charge in [0.2, 0.25) is 0 Å². The van der Waals surface area contributed by atoms with Crippen LogP contribution in [0.5, 0.6) is 5.75 Å². The molecule has 0 radical (unpaired) electrons. The second kappa shape index (κ2) is 9.67. The molecular formula is C18H28O3S. The van der Waals surface area contributed by atoms with Crippen molar-refractivity contribution in [2.24, 2.45) is 0 Å². The van der Waals surface area contributed by atoms with Crippen LogP contribution in [0.15, 0.2) is 30.2 Å². The molecule has 0 atom stereocenters. The van der Waals surface area contributed by atoms with Crippen LogP contribution in [0.2, 0.25) is 0 Å². The van der Waals surface area contributed by atoms with Crippen LogP contribution in [0.25, 0.3) is 0 Å². The van der Waals surface area contributed by atoms with Crippen LogP contribution >= 0.6 is 0 Å². The first kappa shape index (κ1) is 18.8. The standard InChI is InChI=1S/C18H28O3S/c1-4-7-9-11-16-13-14-18(21-22(19,20)6-3)17(15-16)12-10-8-5-2/h6,13-15H,3-5,7-12H2,1-2H3. The van der Waals surface area contributed by atoms with E-state index in [-0.39, 0.29) is 0 Å². The van der Waals surface area contributed by atoms with Gasteiger partial charge in [-0.2, -0.15) is 8.42 Å². The largest absolute Gasteiger partial charge is 0.379 e. The van der Waals surface area contributed by atoms with Gasteiger partial charge in [0.1, 0.15) is 5.75 Å². The average Bonchev–Trinajstić information content (AvgIpc) is 2.50. The fraction of sp³-hybridized carbons (Fsp3) is 0.556. The average molecular weight is 324 g/mol. The van der Waals surface area contributed by atoms with Crippen molar-refractivity contribution in [3.05, 3.63) is 41.3 Å². The molecule has 0 bridgehead atoms. The van der Waals surface area contributed by atoms with E-state index in [1.807, 2.05) is 6.07 Å². The van der Waals surface area contributed by atoms with E-state index in [0.29, 0.717) is 5.75 Å². The zero-order chi connectivity index (χ0) is 16.4. The molecule has 0 aliphatic heterocycles. The fourth-order valence-electron chi connectivity index (χ4n) is 2.37. The smallest absolute Gasteiger partial charge is 0.331 e. The molecule has 0 aliphatic rings. The highest BCUT2D eigenvalue weighted by Crippen LogP contribution is 2.25. The van der Waals surface area contributed by atoms with Gasteiger partial charge in [0.05, 0.1) is 5.41 Å². The molecule has 22 heavy (non-hydrogen) atoms. The lowest BCUT2D eigenvalue weighted by atomic mass is 10.0. The van der Waals surface area contributed by atoms with Crippen molar-refractivity contribution in [3.8, 4) is 5.75 Å². The molecule has 0 N–H and O–H groups in total. The van der Waals surface area contributed by atoms with Gasteiger partial charge >= 0.3 is 10.1 Å². The van der Waals surface area contributed by atoms with E-state index in [1.54, 1.807) is 6.07 Å². The van der Waals surface area contributed by atoms with Gasteiger partial charge in [0.15, 0.2) is 0 Å². The van der Waals surface area contributed by atoms with Gasteiger partial charge < -0.3 is 4.18 Å². The Morgan fingerprint density at radius 1 is 1.05 bits per heavy atom. The molecule has 0 heterocycles. The summed E-state index contributed by atoms with van der Waals surface area (Å²) < 4.78 is 28.4. The summed E-state index contributed by atoms with van der Waals surface area (Å²) in [7, 11) is -3.70. The van der Waals surface area contributed by atoms with E-state index in [9.17, 15) is 8.42 Å². The van der Waals surface area contributed by atoms with Crippen molar-refractivity contribution in [2.45, 2.75) is 65.2 Å². The van der Waals surface area contributed by atoms with E-state index >= 15 is 0 Å². The SMILES string of the molecule is C=CS(=O)(=O)Oc1ccc(CCCCC)cc1CCCCC. The minimum Gasteiger partial charge on any atom is -0.379 e. The molecule has 0 unspecified atom stereocenters. The number of hydrogen-bond acceptors (Lipinski definition) is 3. The van der Waals surface area contributed by atoms with E-state index < -0.39 is 10.1 Å². The molecule has 0 saturated heterocycles. The molecule has 0 aromatic heterocycles. The van der Waals surface area contributed by atoms with Crippen LogP contribution < -0.4 is 4.18 Å². The number of aryl methyl sites for hydroxylation is 2. The maximum atomic E-state index is 11.6. The maximum absolute atomic E-state index is 11.6. The van der Waals surface area contributed by atoms with Gasteiger partial charge in [-0.05, 0) is 42.9 Å². The Balaban J connectivity index is 2.90.